The number of aliphatic hydroxyl groups is 2. The van der Waals surface area contributed by atoms with Crippen molar-refractivity contribution in [2.24, 2.45) is 10.8 Å². The second-order valence-corrected chi connectivity index (χ2v) is 7.50. The molecule has 0 bridgehead atoms. The molecule has 9 atom stereocenters. The number of methoxy groups -OCH3 is 2. The van der Waals surface area contributed by atoms with Gasteiger partial charge in [-0.2, -0.15) is 5.11 Å². The monoisotopic (exact) mass is 400 g/mol. The molecule has 2 heterocycles. The molecule has 0 saturated carbocycles. The van der Waals surface area contributed by atoms with E-state index in [0.29, 0.717) is 0 Å². The summed E-state index contributed by atoms with van der Waals surface area (Å²) in [6.07, 6.45) is -7.19. The maximum absolute atomic E-state index is 12.3. The van der Waals surface area contributed by atoms with Gasteiger partial charge in [-0.05, 0) is 0 Å². The van der Waals surface area contributed by atoms with Crippen LogP contribution < -0.4 is 10.8 Å². The molecule has 2 saturated heterocycles. The topological polar surface area (TPSA) is 198 Å². The fraction of sp³-hybridized carbons (Fsp3) is 1.00. The number of aliphatic hydroxyl groups excluding tert-OH is 2. The zero-order chi connectivity index (χ0) is 19.5. The minimum Gasteiger partial charge on any atom is -0.387 e. The van der Waals surface area contributed by atoms with Crippen LogP contribution in [0.2, 0.25) is 0 Å². The van der Waals surface area contributed by atoms with Crippen LogP contribution in [0.25, 0.3) is 0 Å². The highest BCUT2D eigenvalue weighted by Gasteiger charge is 2.47. The first-order chi connectivity index (χ1) is 12.2. The fourth-order valence-corrected chi connectivity index (χ4v) is 4.03. The molecule has 2 rings (SSSR count). The molecule has 2 fully saturated rings. The Bertz CT molecular complexity index is 529. The van der Waals surface area contributed by atoms with Crippen molar-refractivity contribution >= 4 is 7.75 Å². The number of hydrogen-bond donors (Lipinski definition) is 6. The van der Waals surface area contributed by atoms with Crippen LogP contribution in [0.5, 0.6) is 0 Å². The number of ether oxygens (including phenoxy) is 4. The summed E-state index contributed by atoms with van der Waals surface area (Å²) in [5, 5.41) is 25.3. The molecule has 0 amide bonds. The molecule has 13 nitrogen and oxygen atoms in total. The second-order valence-electron chi connectivity index (χ2n) is 5.94. The van der Waals surface area contributed by atoms with Gasteiger partial charge in [0.15, 0.2) is 6.23 Å². The number of nitrogens with zero attached hydrogens (tertiary/aromatic N) is 1. The van der Waals surface area contributed by atoms with E-state index in [1.807, 2.05) is 0 Å². The number of rotatable bonds is 9. The minimum absolute atomic E-state index is 0.0405. The summed E-state index contributed by atoms with van der Waals surface area (Å²) in [5.41, 5.74) is 12.5. The molecular weight excluding hydrogens is 375 g/mol. The van der Waals surface area contributed by atoms with Crippen molar-refractivity contribution in [3.63, 3.8) is 0 Å². The van der Waals surface area contributed by atoms with Gasteiger partial charge in [0.25, 0.3) is 0 Å². The highest BCUT2D eigenvalue weighted by molar-refractivity contribution is 7.50. The van der Waals surface area contributed by atoms with Gasteiger partial charge in [0.2, 0.25) is 0 Å². The fourth-order valence-electron chi connectivity index (χ4n) is 2.91. The summed E-state index contributed by atoms with van der Waals surface area (Å²) in [7, 11) is -1.67. The molecular formula is C12H25N4O9P. The lowest BCUT2D eigenvalue weighted by Crippen LogP contribution is -2.46. The quantitative estimate of drug-likeness (QED) is 0.183. The Kier molecular flexibility index (Phi) is 7.59. The number of nitrogens with one attached hydrogen (secondary N) is 2. The lowest BCUT2D eigenvalue weighted by molar-refractivity contribution is -0.0334. The Hall–Kier alpha value is -0.570. The molecule has 0 aromatic carbocycles. The highest BCUT2D eigenvalue weighted by Crippen LogP contribution is 2.41. The van der Waals surface area contributed by atoms with Gasteiger partial charge in [-0.25, -0.2) is 15.2 Å². The Balaban J connectivity index is 1.96. The van der Waals surface area contributed by atoms with Crippen molar-refractivity contribution in [3.05, 3.63) is 0 Å². The summed E-state index contributed by atoms with van der Waals surface area (Å²) in [5.74, 6) is 0. The van der Waals surface area contributed by atoms with Crippen LogP contribution in [0.1, 0.15) is 0 Å². The Labute approximate surface area is 149 Å². The first-order valence-corrected chi connectivity index (χ1v) is 9.38. The average molecular weight is 400 g/mol. The van der Waals surface area contributed by atoms with Crippen LogP contribution in [0.15, 0.2) is 5.11 Å². The lowest BCUT2D eigenvalue weighted by Gasteiger charge is -2.25. The third kappa shape index (κ3) is 4.82. The molecule has 14 heteroatoms. The predicted octanol–water partition coefficient (Wildman–Crippen LogP) is -2.12. The van der Waals surface area contributed by atoms with Crippen molar-refractivity contribution in [2.45, 2.75) is 49.0 Å². The van der Waals surface area contributed by atoms with Crippen LogP contribution in [0.3, 0.4) is 0 Å². The van der Waals surface area contributed by atoms with E-state index < -0.39 is 63.4 Å². The van der Waals surface area contributed by atoms with Crippen molar-refractivity contribution in [3.8, 4) is 0 Å². The third-order valence-corrected chi connectivity index (χ3v) is 5.33. The zero-order valence-corrected chi connectivity index (χ0v) is 15.2. The summed E-state index contributed by atoms with van der Waals surface area (Å²) in [4.78, 5) is 10.0. The number of hydrogen-bond acceptors (Lipinski definition) is 11. The summed E-state index contributed by atoms with van der Waals surface area (Å²) in [6.45, 7) is -0.383. The Morgan fingerprint density at radius 3 is 2.50 bits per heavy atom. The molecule has 26 heavy (non-hydrogen) atoms. The van der Waals surface area contributed by atoms with E-state index in [2.05, 4.69) is 10.2 Å². The largest absolute Gasteiger partial charge is 0.403 e. The van der Waals surface area contributed by atoms with Crippen molar-refractivity contribution in [1.82, 2.24) is 5.09 Å². The van der Waals surface area contributed by atoms with Crippen molar-refractivity contribution in [1.29, 1.82) is 5.53 Å². The van der Waals surface area contributed by atoms with Gasteiger partial charge in [-0.15, -0.1) is 0 Å². The SMILES string of the molecule is COC[C@H]1O[C@@H](N)[C@@H](O)C1NP(=O)(O)OC[C@H]1O[C@@H](N=N)[C@@H](O)C1OC. The molecule has 0 aromatic rings. The second kappa shape index (κ2) is 9.08. The smallest absolute Gasteiger partial charge is 0.387 e. The molecule has 2 aliphatic heterocycles. The predicted molar refractivity (Wildman–Crippen MR) is 84.0 cm³/mol. The van der Waals surface area contributed by atoms with Crippen LogP contribution >= 0.6 is 7.75 Å². The van der Waals surface area contributed by atoms with Crippen molar-refractivity contribution < 1.29 is 43.1 Å². The Morgan fingerprint density at radius 2 is 1.92 bits per heavy atom. The maximum Gasteiger partial charge on any atom is 0.403 e. The van der Waals surface area contributed by atoms with E-state index in [9.17, 15) is 19.7 Å². The van der Waals surface area contributed by atoms with Crippen LogP contribution in [-0.4, -0.2) is 91.6 Å². The van der Waals surface area contributed by atoms with E-state index >= 15 is 0 Å². The lowest BCUT2D eigenvalue weighted by atomic mass is 10.1. The molecule has 0 spiro atoms. The van der Waals surface area contributed by atoms with Crippen LogP contribution in [0.4, 0.5) is 0 Å². The van der Waals surface area contributed by atoms with Gasteiger partial charge in [0.05, 0.1) is 19.3 Å². The van der Waals surface area contributed by atoms with E-state index in [0.717, 1.165) is 0 Å². The molecule has 2 aliphatic rings. The molecule has 152 valence electrons. The molecule has 0 aromatic heterocycles. The Morgan fingerprint density at radius 1 is 1.23 bits per heavy atom. The highest BCUT2D eigenvalue weighted by atomic mass is 31.2. The first-order valence-electron chi connectivity index (χ1n) is 7.80. The standard InChI is InChI=1S/C12H25N4O9P/c1-21-3-5-7(8(17)11(13)24-5)16-26(19,20)23-4-6-10(22-2)9(18)12(15-14)25-6/h5-12,14,17-18H,3-4,13H2,1-2H3,(H2,16,19,20)/t5-,6-,7?,8+,9+,10?,11-,12-/m1/s1. The molecule has 0 radical (unpaired) electrons. The van der Waals surface area contributed by atoms with E-state index in [-0.39, 0.29) is 6.61 Å². The van der Waals surface area contributed by atoms with Crippen LogP contribution in [-0.2, 0) is 28.0 Å². The average Bonchev–Trinajstić information content (AvgIpc) is 3.04. The van der Waals surface area contributed by atoms with Gasteiger partial charge < -0.3 is 39.8 Å². The van der Waals surface area contributed by atoms with Crippen LogP contribution in [0, 0.1) is 5.53 Å². The van der Waals surface area contributed by atoms with E-state index in [1.165, 1.54) is 14.2 Å². The van der Waals surface area contributed by atoms with E-state index in [1.54, 1.807) is 0 Å². The zero-order valence-electron chi connectivity index (χ0n) is 14.3. The van der Waals surface area contributed by atoms with Gasteiger partial charge in [-0.1, -0.05) is 0 Å². The summed E-state index contributed by atoms with van der Waals surface area (Å²) < 4.78 is 37.8. The van der Waals surface area contributed by atoms with E-state index in [4.69, 9.17) is 34.7 Å². The first kappa shape index (κ1) is 21.7. The molecule has 3 unspecified atom stereocenters. The summed E-state index contributed by atoms with van der Waals surface area (Å²) in [6, 6.07) is -0.995. The molecule has 0 aliphatic carbocycles. The van der Waals surface area contributed by atoms with Gasteiger partial charge in [-0.3, -0.25) is 4.52 Å². The maximum atomic E-state index is 12.3. The minimum atomic E-state index is -4.40. The molecule has 7 N–H and O–H groups in total. The third-order valence-electron chi connectivity index (χ3n) is 4.20. The van der Waals surface area contributed by atoms with Gasteiger partial charge >= 0.3 is 7.75 Å². The summed E-state index contributed by atoms with van der Waals surface area (Å²) >= 11 is 0. The van der Waals surface area contributed by atoms with Gasteiger partial charge in [0, 0.05) is 14.2 Å². The number of nitrogens with two attached hydrogens (primary N) is 1. The van der Waals surface area contributed by atoms with Crippen molar-refractivity contribution in [2.75, 3.05) is 27.4 Å². The van der Waals surface area contributed by atoms with Gasteiger partial charge in [0.1, 0.15) is 36.7 Å². The normalized spacial score (nSPS) is 42.7.